The van der Waals surface area contributed by atoms with Gasteiger partial charge in [0.25, 0.3) is 0 Å². The van der Waals surface area contributed by atoms with Crippen LogP contribution in [0.3, 0.4) is 0 Å². The van der Waals surface area contributed by atoms with Crippen LogP contribution in [-0.4, -0.2) is 24.7 Å². The van der Waals surface area contributed by atoms with Crippen LogP contribution in [0.4, 0.5) is 5.69 Å². The molecule has 1 fully saturated rings. The zero-order valence-electron chi connectivity index (χ0n) is 11.1. The van der Waals surface area contributed by atoms with E-state index in [4.69, 9.17) is 10.5 Å². The number of carbonyl (C=O) groups is 1. The minimum atomic E-state index is -0.491. The molecule has 1 amide bonds. The minimum Gasteiger partial charge on any atom is -0.506 e. The third-order valence-electron chi connectivity index (χ3n) is 3.88. The number of rotatable bonds is 4. The van der Waals surface area contributed by atoms with E-state index >= 15 is 0 Å². The summed E-state index contributed by atoms with van der Waals surface area (Å²) in [6, 6.07) is 4.74. The third kappa shape index (κ3) is 2.66. The van der Waals surface area contributed by atoms with Gasteiger partial charge in [-0.15, -0.1) is 0 Å². The quantitative estimate of drug-likeness (QED) is 0.725. The molecule has 0 spiro atoms. The molecule has 0 unspecified atom stereocenters. The minimum absolute atomic E-state index is 0.0271. The van der Waals surface area contributed by atoms with E-state index in [0.717, 1.165) is 25.7 Å². The average Bonchev–Trinajstić information content (AvgIpc) is 2.91. The van der Waals surface area contributed by atoms with Gasteiger partial charge in [0, 0.05) is 12.6 Å². The summed E-state index contributed by atoms with van der Waals surface area (Å²) < 4.78 is 5.08. The van der Waals surface area contributed by atoms with Crippen molar-refractivity contribution in [2.24, 2.45) is 11.1 Å². The summed E-state index contributed by atoms with van der Waals surface area (Å²) in [7, 11) is 1.54. The number of phenols is 1. The predicted molar refractivity (Wildman–Crippen MR) is 73.2 cm³/mol. The van der Waals surface area contributed by atoms with Crippen molar-refractivity contribution >= 4 is 11.6 Å². The maximum absolute atomic E-state index is 12.4. The Bertz CT molecular complexity index is 468. The first-order valence-corrected chi connectivity index (χ1v) is 6.50. The topological polar surface area (TPSA) is 84.6 Å². The SMILES string of the molecule is COc1ccc(O)c(NC(=O)C2(CN)CCCC2)c1. The zero-order chi connectivity index (χ0) is 13.9. The van der Waals surface area contributed by atoms with Gasteiger partial charge in [-0.05, 0) is 25.0 Å². The summed E-state index contributed by atoms with van der Waals surface area (Å²) in [6.07, 6.45) is 3.66. The summed E-state index contributed by atoms with van der Waals surface area (Å²) in [5.41, 5.74) is 5.64. The lowest BCUT2D eigenvalue weighted by Gasteiger charge is -2.26. The first-order chi connectivity index (χ1) is 9.11. The number of carbonyl (C=O) groups excluding carboxylic acids is 1. The number of hydrogen-bond donors (Lipinski definition) is 3. The van der Waals surface area contributed by atoms with Crippen molar-refractivity contribution in [2.75, 3.05) is 19.0 Å². The van der Waals surface area contributed by atoms with E-state index in [2.05, 4.69) is 5.32 Å². The number of aromatic hydroxyl groups is 1. The Morgan fingerprint density at radius 1 is 1.47 bits per heavy atom. The zero-order valence-corrected chi connectivity index (χ0v) is 11.1. The summed E-state index contributed by atoms with van der Waals surface area (Å²) in [6.45, 7) is 0.337. The fourth-order valence-corrected chi connectivity index (χ4v) is 2.57. The Kier molecular flexibility index (Phi) is 3.95. The normalized spacial score (nSPS) is 17.2. The van der Waals surface area contributed by atoms with Gasteiger partial charge in [0.2, 0.25) is 5.91 Å². The highest BCUT2D eigenvalue weighted by atomic mass is 16.5. The lowest BCUT2D eigenvalue weighted by atomic mass is 9.85. The van der Waals surface area contributed by atoms with Gasteiger partial charge in [0.1, 0.15) is 11.5 Å². The molecule has 0 aliphatic heterocycles. The van der Waals surface area contributed by atoms with Gasteiger partial charge in [-0.1, -0.05) is 12.8 Å². The number of anilines is 1. The Morgan fingerprint density at radius 3 is 2.74 bits per heavy atom. The molecule has 1 aromatic rings. The Labute approximate surface area is 112 Å². The molecule has 104 valence electrons. The molecule has 1 aliphatic carbocycles. The van der Waals surface area contributed by atoms with Crippen LogP contribution in [0.2, 0.25) is 0 Å². The molecule has 2 rings (SSSR count). The van der Waals surface area contributed by atoms with Gasteiger partial charge in [-0.3, -0.25) is 4.79 Å². The summed E-state index contributed by atoms with van der Waals surface area (Å²) in [4.78, 5) is 12.4. The van der Waals surface area contributed by atoms with Gasteiger partial charge in [-0.2, -0.15) is 0 Å². The van der Waals surface area contributed by atoms with Crippen molar-refractivity contribution in [3.05, 3.63) is 18.2 Å². The van der Waals surface area contributed by atoms with Gasteiger partial charge >= 0.3 is 0 Å². The monoisotopic (exact) mass is 264 g/mol. The molecule has 5 heteroatoms. The molecule has 1 aliphatic rings. The maximum Gasteiger partial charge on any atom is 0.231 e. The van der Waals surface area contributed by atoms with E-state index in [0.29, 0.717) is 18.0 Å². The smallest absolute Gasteiger partial charge is 0.231 e. The summed E-state index contributed by atoms with van der Waals surface area (Å²) in [5, 5.41) is 12.5. The molecule has 4 N–H and O–H groups in total. The fourth-order valence-electron chi connectivity index (χ4n) is 2.57. The Balaban J connectivity index is 2.18. The number of phenolic OH excluding ortho intramolecular Hbond substituents is 1. The maximum atomic E-state index is 12.4. The molecule has 0 bridgehead atoms. The van der Waals surface area contributed by atoms with Crippen LogP contribution in [0.5, 0.6) is 11.5 Å². The van der Waals surface area contributed by atoms with Crippen LogP contribution in [0.15, 0.2) is 18.2 Å². The highest BCUT2D eigenvalue weighted by molar-refractivity contribution is 5.97. The van der Waals surface area contributed by atoms with E-state index in [1.807, 2.05) is 0 Å². The fraction of sp³-hybridized carbons (Fsp3) is 0.500. The number of hydrogen-bond acceptors (Lipinski definition) is 4. The van der Waals surface area contributed by atoms with Crippen LogP contribution in [0.25, 0.3) is 0 Å². The molecular weight excluding hydrogens is 244 g/mol. The molecular formula is C14H20N2O3. The lowest BCUT2D eigenvalue weighted by Crippen LogP contribution is -2.40. The molecule has 0 saturated heterocycles. The van der Waals surface area contributed by atoms with Crippen molar-refractivity contribution in [3.63, 3.8) is 0 Å². The largest absolute Gasteiger partial charge is 0.506 e. The van der Waals surface area contributed by atoms with Crippen molar-refractivity contribution < 1.29 is 14.6 Å². The molecule has 19 heavy (non-hydrogen) atoms. The first-order valence-electron chi connectivity index (χ1n) is 6.50. The van der Waals surface area contributed by atoms with E-state index < -0.39 is 5.41 Å². The van der Waals surface area contributed by atoms with Gasteiger partial charge in [-0.25, -0.2) is 0 Å². The molecule has 0 aromatic heterocycles. The summed E-state index contributed by atoms with van der Waals surface area (Å²) >= 11 is 0. The van der Waals surface area contributed by atoms with Crippen LogP contribution in [0.1, 0.15) is 25.7 Å². The predicted octanol–water partition coefficient (Wildman–Crippen LogP) is 1.86. The third-order valence-corrected chi connectivity index (χ3v) is 3.88. The molecule has 1 saturated carbocycles. The lowest BCUT2D eigenvalue weighted by molar-refractivity contribution is -0.124. The number of amides is 1. The van der Waals surface area contributed by atoms with E-state index in [1.165, 1.54) is 13.2 Å². The van der Waals surface area contributed by atoms with E-state index in [-0.39, 0.29) is 11.7 Å². The van der Waals surface area contributed by atoms with Gasteiger partial charge < -0.3 is 20.9 Å². The number of nitrogens with two attached hydrogens (primary N) is 1. The molecule has 0 heterocycles. The molecule has 5 nitrogen and oxygen atoms in total. The highest BCUT2D eigenvalue weighted by Crippen LogP contribution is 2.39. The van der Waals surface area contributed by atoms with Gasteiger partial charge in [0.15, 0.2) is 0 Å². The summed E-state index contributed by atoms with van der Waals surface area (Å²) in [5.74, 6) is 0.497. The molecule has 0 radical (unpaired) electrons. The number of benzene rings is 1. The standard InChI is InChI=1S/C14H20N2O3/c1-19-10-4-5-12(17)11(8-10)16-13(18)14(9-15)6-2-3-7-14/h4-5,8,17H,2-3,6-7,9,15H2,1H3,(H,16,18). The van der Waals surface area contributed by atoms with Crippen molar-refractivity contribution in [3.8, 4) is 11.5 Å². The van der Waals surface area contributed by atoms with Gasteiger partial charge in [0.05, 0.1) is 18.2 Å². The van der Waals surface area contributed by atoms with Crippen molar-refractivity contribution in [2.45, 2.75) is 25.7 Å². The second kappa shape index (κ2) is 5.48. The number of methoxy groups -OCH3 is 1. The van der Waals surface area contributed by atoms with Crippen molar-refractivity contribution in [1.29, 1.82) is 0 Å². The molecule has 0 atom stereocenters. The van der Waals surface area contributed by atoms with E-state index in [9.17, 15) is 9.90 Å². The van der Waals surface area contributed by atoms with Crippen molar-refractivity contribution in [1.82, 2.24) is 0 Å². The first kappa shape index (κ1) is 13.7. The molecule has 1 aromatic carbocycles. The van der Waals surface area contributed by atoms with Crippen LogP contribution in [-0.2, 0) is 4.79 Å². The number of nitrogens with one attached hydrogen (secondary N) is 1. The van der Waals surface area contributed by atoms with Crippen LogP contribution < -0.4 is 15.8 Å². The van der Waals surface area contributed by atoms with E-state index in [1.54, 1.807) is 12.1 Å². The average molecular weight is 264 g/mol. The second-order valence-electron chi connectivity index (χ2n) is 5.03. The van der Waals surface area contributed by atoms with Crippen LogP contribution >= 0.6 is 0 Å². The Hall–Kier alpha value is -1.75. The number of ether oxygens (including phenoxy) is 1. The second-order valence-corrected chi connectivity index (χ2v) is 5.03. The highest BCUT2D eigenvalue weighted by Gasteiger charge is 2.40. The van der Waals surface area contributed by atoms with Crippen LogP contribution in [0, 0.1) is 5.41 Å². The Morgan fingerprint density at radius 2 is 2.16 bits per heavy atom.